The first-order chi connectivity index (χ1) is 23.2. The van der Waals surface area contributed by atoms with Crippen molar-refractivity contribution in [3.63, 3.8) is 0 Å². The summed E-state index contributed by atoms with van der Waals surface area (Å²) in [5, 5.41) is 74.7. The van der Waals surface area contributed by atoms with Crippen LogP contribution in [0.15, 0.2) is 39.3 Å². The number of ether oxygens (including phenoxy) is 4. The highest BCUT2D eigenvalue weighted by atomic mass is 16.7. The van der Waals surface area contributed by atoms with Gasteiger partial charge in [-0.1, -0.05) is 25.5 Å². The lowest BCUT2D eigenvalue weighted by Crippen LogP contribution is -2.64. The van der Waals surface area contributed by atoms with E-state index in [9.17, 15) is 40.5 Å². The highest BCUT2D eigenvalue weighted by Gasteiger charge is 2.67. The lowest BCUT2D eigenvalue weighted by atomic mass is 9.45. The predicted molar refractivity (Wildman–Crippen MR) is 171 cm³/mol. The second-order valence-corrected chi connectivity index (χ2v) is 15.9. The second-order valence-electron chi connectivity index (χ2n) is 15.9. The number of allylic oxidation sites excluding steroid dienone is 1. The zero-order chi connectivity index (χ0) is 35.0. The van der Waals surface area contributed by atoms with Gasteiger partial charge in [0, 0.05) is 11.5 Å². The van der Waals surface area contributed by atoms with Crippen molar-refractivity contribution in [1.82, 2.24) is 0 Å². The number of fused-ring (bicyclic) bond motifs is 5. The zero-order valence-corrected chi connectivity index (χ0v) is 28.3. The van der Waals surface area contributed by atoms with Gasteiger partial charge in [-0.2, -0.15) is 0 Å². The molecule has 17 atom stereocenters. The van der Waals surface area contributed by atoms with E-state index in [1.807, 2.05) is 6.07 Å². The van der Waals surface area contributed by atoms with Crippen molar-refractivity contribution >= 4 is 0 Å². The van der Waals surface area contributed by atoms with E-state index in [1.165, 1.54) is 11.6 Å². The van der Waals surface area contributed by atoms with E-state index in [-0.39, 0.29) is 34.4 Å². The Morgan fingerprint density at radius 2 is 1.57 bits per heavy atom. The Morgan fingerprint density at radius 1 is 0.837 bits per heavy atom. The molecule has 3 saturated carbocycles. The van der Waals surface area contributed by atoms with Gasteiger partial charge in [-0.25, -0.2) is 4.79 Å². The van der Waals surface area contributed by atoms with Gasteiger partial charge in [-0.15, -0.1) is 0 Å². The molecule has 1 aromatic rings. The molecule has 49 heavy (non-hydrogen) atoms. The van der Waals surface area contributed by atoms with E-state index in [0.717, 1.165) is 44.1 Å². The molecule has 5 fully saturated rings. The largest absolute Gasteiger partial charge is 0.431 e. The summed E-state index contributed by atoms with van der Waals surface area (Å²) >= 11 is 0. The van der Waals surface area contributed by atoms with Crippen LogP contribution in [0.1, 0.15) is 83.6 Å². The maximum Gasteiger partial charge on any atom is 0.335 e. The van der Waals surface area contributed by atoms with Crippen LogP contribution in [-0.4, -0.2) is 115 Å². The number of aliphatic hydroxyl groups excluding tert-OH is 6. The molecule has 4 aliphatic carbocycles. The molecule has 6 aliphatic rings. The van der Waals surface area contributed by atoms with Crippen LogP contribution in [0, 0.1) is 22.7 Å². The van der Waals surface area contributed by atoms with E-state index in [4.69, 9.17) is 23.4 Å². The smallest absolute Gasteiger partial charge is 0.335 e. The van der Waals surface area contributed by atoms with Gasteiger partial charge in [-0.3, -0.25) is 0 Å². The van der Waals surface area contributed by atoms with Crippen LogP contribution in [-0.2, 0) is 18.9 Å². The Bertz CT molecular complexity index is 1430. The lowest BCUT2D eigenvalue weighted by molar-refractivity contribution is -0.357. The van der Waals surface area contributed by atoms with Crippen LogP contribution in [0.3, 0.4) is 0 Å². The van der Waals surface area contributed by atoms with E-state index < -0.39 is 73.6 Å². The molecule has 0 spiro atoms. The zero-order valence-electron chi connectivity index (χ0n) is 28.3. The van der Waals surface area contributed by atoms with Crippen LogP contribution in [0.4, 0.5) is 0 Å². The molecule has 1 aromatic heterocycles. The van der Waals surface area contributed by atoms with Gasteiger partial charge in [0.2, 0.25) is 0 Å². The Hall–Kier alpha value is -1.75. The molecule has 0 aromatic carbocycles. The van der Waals surface area contributed by atoms with Crippen LogP contribution in [0.25, 0.3) is 0 Å². The maximum absolute atomic E-state index is 12.5. The topological polar surface area (TPSA) is 209 Å². The summed E-state index contributed by atoms with van der Waals surface area (Å²) in [6.07, 6.45) is -3.69. The molecule has 2 saturated heterocycles. The number of aliphatic hydroxyl groups is 7. The average molecular weight is 693 g/mol. The molecule has 0 unspecified atom stereocenters. The van der Waals surface area contributed by atoms with Crippen LogP contribution in [0.5, 0.6) is 0 Å². The fourth-order valence-electron chi connectivity index (χ4n) is 10.7. The minimum Gasteiger partial charge on any atom is -0.431 e. The Balaban J connectivity index is 1.01. The van der Waals surface area contributed by atoms with Gasteiger partial charge < -0.3 is 59.1 Å². The van der Waals surface area contributed by atoms with Gasteiger partial charge in [0.15, 0.2) is 12.6 Å². The summed E-state index contributed by atoms with van der Waals surface area (Å²) in [6.45, 7) is 5.53. The summed E-state index contributed by atoms with van der Waals surface area (Å²) < 4.78 is 28.7. The molecule has 0 amide bonds. The molecule has 7 rings (SSSR count). The minimum absolute atomic E-state index is 0.110. The number of hydrogen-bond acceptors (Lipinski definition) is 13. The summed E-state index contributed by atoms with van der Waals surface area (Å²) in [5.41, 5.74) is 0.655. The van der Waals surface area contributed by atoms with E-state index in [1.54, 1.807) is 13.2 Å². The number of rotatable bonds is 6. The molecular formula is C36H52O13. The fourth-order valence-corrected chi connectivity index (χ4v) is 10.7. The average Bonchev–Trinajstić information content (AvgIpc) is 3.36. The molecule has 2 aliphatic heterocycles. The van der Waals surface area contributed by atoms with Crippen molar-refractivity contribution in [2.75, 3.05) is 6.61 Å². The summed E-state index contributed by atoms with van der Waals surface area (Å²) in [6, 6.07) is 3.32. The molecule has 3 heterocycles. The lowest BCUT2D eigenvalue weighted by Gasteiger charge is -2.62. The molecule has 7 N–H and O–H groups in total. The van der Waals surface area contributed by atoms with Crippen molar-refractivity contribution in [2.45, 2.75) is 151 Å². The van der Waals surface area contributed by atoms with Crippen molar-refractivity contribution in [1.29, 1.82) is 0 Å². The molecule has 0 bridgehead atoms. The van der Waals surface area contributed by atoms with Crippen LogP contribution >= 0.6 is 0 Å². The fraction of sp³-hybridized carbons (Fsp3) is 0.806. The Labute approximate surface area is 285 Å². The van der Waals surface area contributed by atoms with Crippen LogP contribution in [0.2, 0.25) is 0 Å². The van der Waals surface area contributed by atoms with Crippen molar-refractivity contribution in [3.8, 4) is 0 Å². The third kappa shape index (κ3) is 5.68. The molecule has 13 heteroatoms. The quantitative estimate of drug-likeness (QED) is 0.207. The third-order valence-corrected chi connectivity index (χ3v) is 13.6. The van der Waals surface area contributed by atoms with Gasteiger partial charge in [0.25, 0.3) is 0 Å². The highest BCUT2D eigenvalue weighted by molar-refractivity contribution is 5.31. The predicted octanol–water partition coefficient (Wildman–Crippen LogP) is 0.838. The van der Waals surface area contributed by atoms with Gasteiger partial charge in [0.1, 0.15) is 42.7 Å². The highest BCUT2D eigenvalue weighted by Crippen LogP contribution is 2.70. The van der Waals surface area contributed by atoms with Gasteiger partial charge >= 0.3 is 5.63 Å². The first-order valence-electron chi connectivity index (χ1n) is 17.9. The first kappa shape index (κ1) is 35.6. The number of hydrogen-bond donors (Lipinski definition) is 7. The summed E-state index contributed by atoms with van der Waals surface area (Å²) in [4.78, 5) is 11.6. The normalized spacial score (nSPS) is 51.3. The van der Waals surface area contributed by atoms with Crippen molar-refractivity contribution in [3.05, 3.63) is 46.0 Å². The van der Waals surface area contributed by atoms with E-state index in [2.05, 4.69) is 19.9 Å². The van der Waals surface area contributed by atoms with Gasteiger partial charge in [0.05, 0.1) is 30.7 Å². The van der Waals surface area contributed by atoms with Crippen molar-refractivity contribution in [2.24, 2.45) is 22.7 Å². The molecule has 0 radical (unpaired) electrons. The third-order valence-electron chi connectivity index (χ3n) is 13.6. The van der Waals surface area contributed by atoms with E-state index >= 15 is 0 Å². The van der Waals surface area contributed by atoms with Crippen molar-refractivity contribution < 1.29 is 59.1 Å². The van der Waals surface area contributed by atoms with Crippen LogP contribution < -0.4 is 5.63 Å². The monoisotopic (exact) mass is 692 g/mol. The molecule has 13 nitrogen and oxygen atoms in total. The summed E-state index contributed by atoms with van der Waals surface area (Å²) in [7, 11) is 0. The van der Waals surface area contributed by atoms with E-state index in [0.29, 0.717) is 18.8 Å². The van der Waals surface area contributed by atoms with Gasteiger partial charge in [-0.05, 0) is 93.1 Å². The first-order valence-corrected chi connectivity index (χ1v) is 17.9. The Kier molecular flexibility index (Phi) is 9.48. The maximum atomic E-state index is 12.5. The standard InChI is InChI=1S/C36H52O13/c1-17-31(49-33-29(42)27(40)26(39)24(15-37)48-33)28(41)30(43)32(46-17)47-20-8-11-34(2)19(14-20)5-6-23-22(34)9-12-35(3)21(10-13-36(23,35)44)18-4-7-25(38)45-16-18/h4,7,14,16-17,20-24,26-33,37,39-44H,5-6,8-13,15H2,1-3H3/t17-,20-,21+,22-,23+,24+,26+,27-,28-,29+,30+,31-,32-,33-,34-,35+,36-/m0/s1. The minimum atomic E-state index is -1.66. The molecule has 274 valence electrons. The SMILES string of the molecule is C[C@@H]1O[C@@H](O[C@@H]2C=C3CC[C@@H]4[C@H](CC[C@]5(C)[C@@H](c6ccc(=O)oc6)CC[C@]45O)[C@@]3(C)CC2)[C@H](O)[C@H](O)[C@H]1O[C@@H]1O[C@H](CO)[C@@H](O)[C@H](O)[C@H]1O. The Morgan fingerprint density at radius 3 is 2.29 bits per heavy atom. The molecular weight excluding hydrogens is 640 g/mol. The second kappa shape index (κ2) is 13.0. The summed E-state index contributed by atoms with van der Waals surface area (Å²) in [5.74, 6) is 0.572.